The molecule has 1 atom stereocenters. The molecule has 2 aromatic heterocycles. The van der Waals surface area contributed by atoms with Gasteiger partial charge in [-0.25, -0.2) is 9.67 Å². The van der Waals surface area contributed by atoms with E-state index < -0.39 is 0 Å². The fourth-order valence-electron chi connectivity index (χ4n) is 2.35. The van der Waals surface area contributed by atoms with Crippen LogP contribution in [0.15, 0.2) is 55.2 Å². The minimum Gasteiger partial charge on any atom is -0.334 e. The Balaban J connectivity index is 1.78. The molecule has 1 unspecified atom stereocenters. The summed E-state index contributed by atoms with van der Waals surface area (Å²) in [6.07, 6.45) is 4.65. The summed E-state index contributed by atoms with van der Waals surface area (Å²) < 4.78 is 1.68. The maximum Gasteiger partial charge on any atom is 0.272 e. The maximum atomic E-state index is 12.5. The van der Waals surface area contributed by atoms with Gasteiger partial charge in [0.25, 0.3) is 5.91 Å². The predicted molar refractivity (Wildman–Crippen MR) is 91.1 cm³/mol. The molecule has 0 radical (unpaired) electrons. The summed E-state index contributed by atoms with van der Waals surface area (Å²) in [5, 5.41) is 4.58. The number of benzene rings is 1. The monoisotopic (exact) mass is 341 g/mol. The number of pyridine rings is 1. The number of carbonyl (C=O) groups excluding carboxylic acids is 1. The molecule has 7 heteroatoms. The normalized spacial score (nSPS) is 12.0. The molecule has 6 nitrogen and oxygen atoms in total. The topological polar surface area (TPSA) is 63.9 Å². The third kappa shape index (κ3) is 3.28. The highest BCUT2D eigenvalue weighted by Gasteiger charge is 2.20. The minimum absolute atomic E-state index is 0.108. The van der Waals surface area contributed by atoms with Crippen LogP contribution in [0.4, 0.5) is 0 Å². The van der Waals surface area contributed by atoms with Crippen LogP contribution in [0.1, 0.15) is 29.0 Å². The van der Waals surface area contributed by atoms with Gasteiger partial charge in [-0.15, -0.1) is 0 Å². The summed E-state index contributed by atoms with van der Waals surface area (Å²) in [6, 6.07) is 10.9. The molecule has 0 saturated heterocycles. The Morgan fingerprint density at radius 2 is 2.00 bits per heavy atom. The Kier molecular flexibility index (Phi) is 4.57. The van der Waals surface area contributed by atoms with Crippen molar-refractivity contribution < 1.29 is 4.79 Å². The van der Waals surface area contributed by atoms with Gasteiger partial charge < -0.3 is 4.90 Å². The van der Waals surface area contributed by atoms with Gasteiger partial charge in [0.1, 0.15) is 18.3 Å². The van der Waals surface area contributed by atoms with Crippen molar-refractivity contribution in [3.8, 4) is 5.69 Å². The first kappa shape index (κ1) is 16.1. The van der Waals surface area contributed by atoms with Crippen molar-refractivity contribution >= 4 is 17.5 Å². The molecule has 0 aliphatic carbocycles. The molecular weight excluding hydrogens is 326 g/mol. The average molecular weight is 342 g/mol. The molecule has 0 bridgehead atoms. The zero-order valence-corrected chi connectivity index (χ0v) is 14.1. The maximum absolute atomic E-state index is 12.5. The summed E-state index contributed by atoms with van der Waals surface area (Å²) in [5.41, 5.74) is 2.25. The summed E-state index contributed by atoms with van der Waals surface area (Å²) in [7, 11) is 1.75. The Morgan fingerprint density at radius 3 is 2.62 bits per heavy atom. The highest BCUT2D eigenvalue weighted by molar-refractivity contribution is 6.30. The lowest BCUT2D eigenvalue weighted by Crippen LogP contribution is -2.30. The molecule has 122 valence electrons. The first-order valence-corrected chi connectivity index (χ1v) is 7.78. The molecule has 3 aromatic rings. The van der Waals surface area contributed by atoms with Crippen molar-refractivity contribution in [2.24, 2.45) is 0 Å². The Morgan fingerprint density at radius 1 is 1.25 bits per heavy atom. The SMILES string of the molecule is CC(c1ccc(-n2cncn2)cc1)N(C)C(=O)c1cc(Cl)ccn1. The lowest BCUT2D eigenvalue weighted by Gasteiger charge is -2.25. The van der Waals surface area contributed by atoms with Gasteiger partial charge in [0, 0.05) is 18.3 Å². The van der Waals surface area contributed by atoms with E-state index in [2.05, 4.69) is 15.1 Å². The molecule has 2 heterocycles. The second kappa shape index (κ2) is 6.80. The van der Waals surface area contributed by atoms with Gasteiger partial charge in [-0.2, -0.15) is 5.10 Å². The van der Waals surface area contributed by atoms with Crippen LogP contribution < -0.4 is 0 Å². The van der Waals surface area contributed by atoms with Gasteiger partial charge in [-0.05, 0) is 36.8 Å². The van der Waals surface area contributed by atoms with Crippen LogP contribution >= 0.6 is 11.6 Å². The Bertz CT molecular complexity index is 832. The van der Waals surface area contributed by atoms with E-state index in [1.807, 2.05) is 31.2 Å². The van der Waals surface area contributed by atoms with E-state index in [0.29, 0.717) is 10.7 Å². The highest BCUT2D eigenvalue weighted by Crippen LogP contribution is 2.22. The van der Waals surface area contributed by atoms with Crippen LogP contribution in [0.3, 0.4) is 0 Å². The molecular formula is C17H16ClN5O. The van der Waals surface area contributed by atoms with E-state index in [1.165, 1.54) is 12.5 Å². The van der Waals surface area contributed by atoms with E-state index in [-0.39, 0.29) is 11.9 Å². The van der Waals surface area contributed by atoms with Crippen molar-refractivity contribution in [1.82, 2.24) is 24.6 Å². The Labute approximate surface area is 144 Å². The first-order chi connectivity index (χ1) is 11.6. The lowest BCUT2D eigenvalue weighted by molar-refractivity contribution is 0.0736. The number of halogens is 1. The predicted octanol–water partition coefficient (Wildman–Crippen LogP) is 3.15. The Hall–Kier alpha value is -2.73. The van der Waals surface area contributed by atoms with E-state index in [1.54, 1.807) is 35.1 Å². The second-order valence-electron chi connectivity index (χ2n) is 5.38. The quantitative estimate of drug-likeness (QED) is 0.731. The van der Waals surface area contributed by atoms with Crippen LogP contribution in [-0.4, -0.2) is 37.6 Å². The molecule has 0 N–H and O–H groups in total. The van der Waals surface area contributed by atoms with Crippen molar-refractivity contribution in [3.63, 3.8) is 0 Å². The number of nitrogens with zero attached hydrogens (tertiary/aromatic N) is 5. The van der Waals surface area contributed by atoms with Gasteiger partial charge in [-0.3, -0.25) is 9.78 Å². The van der Waals surface area contributed by atoms with Gasteiger partial charge in [0.15, 0.2) is 0 Å². The number of amides is 1. The summed E-state index contributed by atoms with van der Waals surface area (Å²) in [4.78, 5) is 22.2. The van der Waals surface area contributed by atoms with Crippen LogP contribution in [-0.2, 0) is 0 Å². The third-order valence-electron chi connectivity index (χ3n) is 3.90. The molecule has 0 fully saturated rings. The van der Waals surface area contributed by atoms with E-state index >= 15 is 0 Å². The van der Waals surface area contributed by atoms with E-state index in [9.17, 15) is 4.79 Å². The molecule has 1 aromatic carbocycles. The molecule has 0 saturated carbocycles. The molecule has 1 amide bonds. The minimum atomic E-state index is -0.176. The number of hydrogen-bond donors (Lipinski definition) is 0. The fourth-order valence-corrected chi connectivity index (χ4v) is 2.51. The first-order valence-electron chi connectivity index (χ1n) is 7.40. The summed E-state index contributed by atoms with van der Waals surface area (Å²) >= 11 is 5.93. The number of hydrogen-bond acceptors (Lipinski definition) is 4. The number of rotatable bonds is 4. The molecule has 0 spiro atoms. The van der Waals surface area contributed by atoms with Crippen molar-refractivity contribution in [2.75, 3.05) is 7.05 Å². The van der Waals surface area contributed by atoms with Gasteiger partial charge in [-0.1, -0.05) is 23.7 Å². The smallest absolute Gasteiger partial charge is 0.272 e. The molecule has 3 rings (SSSR count). The summed E-state index contributed by atoms with van der Waals surface area (Å²) in [6.45, 7) is 1.97. The van der Waals surface area contributed by atoms with Gasteiger partial charge in [0.2, 0.25) is 0 Å². The highest BCUT2D eigenvalue weighted by atomic mass is 35.5. The van der Waals surface area contributed by atoms with Crippen molar-refractivity contribution in [2.45, 2.75) is 13.0 Å². The van der Waals surface area contributed by atoms with Gasteiger partial charge in [0.05, 0.1) is 11.7 Å². The van der Waals surface area contributed by atoms with Gasteiger partial charge >= 0.3 is 0 Å². The van der Waals surface area contributed by atoms with E-state index in [4.69, 9.17) is 11.6 Å². The molecule has 0 aliphatic heterocycles. The number of aromatic nitrogens is 4. The standard InChI is InChI=1S/C17H16ClN5O/c1-12(22(2)17(24)16-9-14(18)7-8-20-16)13-3-5-15(6-4-13)23-11-19-10-21-23/h3-12H,1-2H3. The number of carbonyl (C=O) groups is 1. The van der Waals surface area contributed by atoms with Crippen LogP contribution in [0, 0.1) is 0 Å². The van der Waals surface area contributed by atoms with Crippen LogP contribution in [0.25, 0.3) is 5.69 Å². The zero-order chi connectivity index (χ0) is 17.1. The summed E-state index contributed by atoms with van der Waals surface area (Å²) in [5.74, 6) is -0.176. The zero-order valence-electron chi connectivity index (χ0n) is 13.3. The third-order valence-corrected chi connectivity index (χ3v) is 4.14. The molecule has 0 aliphatic rings. The fraction of sp³-hybridized carbons (Fsp3) is 0.176. The second-order valence-corrected chi connectivity index (χ2v) is 5.82. The van der Waals surface area contributed by atoms with Crippen molar-refractivity contribution in [3.05, 3.63) is 71.5 Å². The lowest BCUT2D eigenvalue weighted by atomic mass is 10.1. The molecule has 24 heavy (non-hydrogen) atoms. The average Bonchev–Trinajstić information content (AvgIpc) is 3.14. The largest absolute Gasteiger partial charge is 0.334 e. The van der Waals surface area contributed by atoms with Crippen LogP contribution in [0.5, 0.6) is 0 Å². The van der Waals surface area contributed by atoms with Crippen molar-refractivity contribution in [1.29, 1.82) is 0 Å². The van der Waals surface area contributed by atoms with Crippen LogP contribution in [0.2, 0.25) is 5.02 Å². The van der Waals surface area contributed by atoms with E-state index in [0.717, 1.165) is 11.3 Å².